The Morgan fingerprint density at radius 3 is 1.92 bits per heavy atom. The molecule has 1 fully saturated rings. The molecule has 0 unspecified atom stereocenters. The summed E-state index contributed by atoms with van der Waals surface area (Å²) in [5, 5.41) is 0. The number of carbonyl (C=O) groups excluding carboxylic acids is 2. The second-order valence-electron chi connectivity index (χ2n) is 8.38. The highest BCUT2D eigenvalue weighted by molar-refractivity contribution is 7.97. The molecule has 0 spiro atoms. The summed E-state index contributed by atoms with van der Waals surface area (Å²) in [6.07, 6.45) is 4.30. The second-order valence-corrected chi connectivity index (χ2v) is 11.7. The zero-order valence-electron chi connectivity index (χ0n) is 19.3. The lowest BCUT2D eigenvalue weighted by atomic mass is 9.92. The molecule has 0 radical (unpaired) electrons. The number of carbonyl (C=O) groups is 2. The average molecular weight is 540 g/mol. The molecule has 2 N–H and O–H groups in total. The summed E-state index contributed by atoms with van der Waals surface area (Å²) < 4.78 is 56.8. The molecule has 2 aliphatic rings. The van der Waals surface area contributed by atoms with Crippen LogP contribution < -0.4 is 9.44 Å². The highest BCUT2D eigenvalue weighted by Gasteiger charge is 2.42. The van der Waals surface area contributed by atoms with E-state index in [0.29, 0.717) is 13.1 Å². The van der Waals surface area contributed by atoms with E-state index in [1.807, 2.05) is 0 Å². The third-order valence-corrected chi connectivity index (χ3v) is 8.72. The van der Waals surface area contributed by atoms with Gasteiger partial charge in [0.05, 0.1) is 4.90 Å². The standard InChI is InChI=1S/C24H21N5O6S2/c30-21-18-6-1-2-7-19(18)22(31)23(20(21)29-14-3-4-15-29)37(34,35)27-16-8-10-17(11-9-16)36(32,33)28-24-25-12-5-13-26-24/h1-2,5-13,27H,3-4,14-15H2,(H,25,26,28). The Morgan fingerprint density at radius 1 is 0.703 bits per heavy atom. The Morgan fingerprint density at radius 2 is 1.30 bits per heavy atom. The average Bonchev–Trinajstić information content (AvgIpc) is 3.41. The van der Waals surface area contributed by atoms with Crippen molar-refractivity contribution in [2.45, 2.75) is 17.7 Å². The highest BCUT2D eigenvalue weighted by Crippen LogP contribution is 2.34. The van der Waals surface area contributed by atoms with E-state index in [1.54, 1.807) is 17.0 Å². The van der Waals surface area contributed by atoms with Crippen molar-refractivity contribution in [3.8, 4) is 0 Å². The fourth-order valence-corrected chi connectivity index (χ4v) is 6.59. The molecule has 1 aromatic heterocycles. The van der Waals surface area contributed by atoms with Gasteiger partial charge in [-0.15, -0.1) is 0 Å². The van der Waals surface area contributed by atoms with Crippen LogP contribution in [0.3, 0.4) is 0 Å². The van der Waals surface area contributed by atoms with E-state index in [-0.39, 0.29) is 33.4 Å². The van der Waals surface area contributed by atoms with E-state index in [2.05, 4.69) is 19.4 Å². The van der Waals surface area contributed by atoms with Crippen molar-refractivity contribution < 1.29 is 26.4 Å². The van der Waals surface area contributed by atoms with Crippen LogP contribution in [-0.2, 0) is 20.0 Å². The van der Waals surface area contributed by atoms with E-state index < -0.39 is 36.5 Å². The summed E-state index contributed by atoms with van der Waals surface area (Å²) in [7, 11) is -8.54. The topological polar surface area (TPSA) is 156 Å². The van der Waals surface area contributed by atoms with E-state index in [4.69, 9.17) is 0 Å². The van der Waals surface area contributed by atoms with Gasteiger partial charge in [-0.1, -0.05) is 24.3 Å². The molecular formula is C24H21N5O6S2. The van der Waals surface area contributed by atoms with E-state index in [9.17, 15) is 26.4 Å². The Kier molecular flexibility index (Phi) is 6.25. The molecule has 3 aromatic rings. The number of aromatic nitrogens is 2. The molecule has 0 saturated carbocycles. The van der Waals surface area contributed by atoms with Gasteiger partial charge in [0, 0.05) is 42.3 Å². The van der Waals surface area contributed by atoms with Gasteiger partial charge in [0.15, 0.2) is 4.91 Å². The molecule has 1 aliphatic heterocycles. The number of anilines is 2. The number of sulfonamides is 2. The molecule has 5 rings (SSSR count). The monoisotopic (exact) mass is 539 g/mol. The molecule has 1 aliphatic carbocycles. The van der Waals surface area contributed by atoms with Crippen molar-refractivity contribution in [1.29, 1.82) is 0 Å². The Labute approximate surface area is 213 Å². The first kappa shape index (κ1) is 24.6. The number of nitrogens with one attached hydrogen (secondary N) is 2. The van der Waals surface area contributed by atoms with Gasteiger partial charge in [0.1, 0.15) is 5.70 Å². The van der Waals surface area contributed by atoms with Crippen LogP contribution in [0.4, 0.5) is 11.6 Å². The number of ketones is 2. The van der Waals surface area contributed by atoms with Crippen molar-refractivity contribution >= 4 is 43.2 Å². The van der Waals surface area contributed by atoms with E-state index in [1.165, 1.54) is 54.9 Å². The lowest BCUT2D eigenvalue weighted by Gasteiger charge is -2.27. The van der Waals surface area contributed by atoms with Gasteiger partial charge in [-0.25, -0.2) is 31.5 Å². The third kappa shape index (κ3) is 4.70. The zero-order valence-corrected chi connectivity index (χ0v) is 20.9. The molecule has 190 valence electrons. The molecular weight excluding hydrogens is 518 g/mol. The molecule has 1 saturated heterocycles. The number of rotatable bonds is 7. The SMILES string of the molecule is O=C1C(N2CCCC2)=C(S(=O)(=O)Nc2ccc(S(=O)(=O)Nc3ncccn3)cc2)C(=O)c2ccccc21. The van der Waals surface area contributed by atoms with Crippen LogP contribution in [0.1, 0.15) is 33.6 Å². The van der Waals surface area contributed by atoms with Gasteiger partial charge < -0.3 is 4.90 Å². The van der Waals surface area contributed by atoms with E-state index >= 15 is 0 Å². The van der Waals surface area contributed by atoms with Crippen LogP contribution >= 0.6 is 0 Å². The Balaban J connectivity index is 1.47. The first-order chi connectivity index (χ1) is 17.7. The molecule has 0 bridgehead atoms. The van der Waals surface area contributed by atoms with Crippen LogP contribution in [0.2, 0.25) is 0 Å². The maximum absolute atomic E-state index is 13.5. The van der Waals surface area contributed by atoms with Crippen molar-refractivity contribution in [2.75, 3.05) is 22.5 Å². The minimum atomic E-state index is -4.51. The number of likely N-dealkylation sites (tertiary alicyclic amines) is 1. The predicted octanol–water partition coefficient (Wildman–Crippen LogP) is 2.41. The maximum atomic E-state index is 13.5. The van der Waals surface area contributed by atoms with Gasteiger partial charge in [-0.2, -0.15) is 0 Å². The van der Waals surface area contributed by atoms with Gasteiger partial charge in [0.2, 0.25) is 17.5 Å². The lowest BCUT2D eigenvalue weighted by Crippen LogP contribution is -2.36. The van der Waals surface area contributed by atoms with Crippen molar-refractivity contribution in [2.24, 2.45) is 0 Å². The van der Waals surface area contributed by atoms with Gasteiger partial charge in [-0.05, 0) is 43.2 Å². The minimum absolute atomic E-state index is 0.0160. The maximum Gasteiger partial charge on any atom is 0.268 e. The summed E-state index contributed by atoms with van der Waals surface area (Å²) in [6.45, 7) is 0.917. The minimum Gasteiger partial charge on any atom is -0.367 e. The smallest absolute Gasteiger partial charge is 0.268 e. The van der Waals surface area contributed by atoms with Crippen LogP contribution in [0, 0.1) is 0 Å². The lowest BCUT2D eigenvalue weighted by molar-refractivity contribution is 0.0953. The molecule has 2 heterocycles. The number of hydrogen-bond acceptors (Lipinski definition) is 9. The summed E-state index contributed by atoms with van der Waals surface area (Å²) in [6, 6.07) is 12.5. The number of nitrogens with zero attached hydrogens (tertiary/aromatic N) is 3. The Hall–Kier alpha value is -4.10. The number of fused-ring (bicyclic) bond motifs is 1. The van der Waals surface area contributed by atoms with Crippen LogP contribution in [-0.4, -0.2) is 56.4 Å². The van der Waals surface area contributed by atoms with Crippen molar-refractivity contribution in [3.05, 3.63) is 88.7 Å². The molecule has 11 nitrogen and oxygen atoms in total. The highest BCUT2D eigenvalue weighted by atomic mass is 32.2. The first-order valence-electron chi connectivity index (χ1n) is 11.3. The van der Waals surface area contributed by atoms with Crippen LogP contribution in [0.15, 0.2) is 82.5 Å². The molecule has 37 heavy (non-hydrogen) atoms. The number of hydrogen-bond donors (Lipinski definition) is 2. The number of benzene rings is 2. The quantitative estimate of drug-likeness (QED) is 0.460. The van der Waals surface area contributed by atoms with Crippen LogP contribution in [0.5, 0.6) is 0 Å². The molecule has 0 atom stereocenters. The van der Waals surface area contributed by atoms with Gasteiger partial charge >= 0.3 is 0 Å². The normalized spacial score (nSPS) is 16.1. The fourth-order valence-electron chi connectivity index (χ4n) is 4.26. The summed E-state index contributed by atoms with van der Waals surface area (Å²) >= 11 is 0. The summed E-state index contributed by atoms with van der Waals surface area (Å²) in [5.41, 5.74) is 0.0616. The predicted molar refractivity (Wildman–Crippen MR) is 135 cm³/mol. The molecule has 13 heteroatoms. The van der Waals surface area contributed by atoms with E-state index in [0.717, 1.165) is 12.8 Å². The van der Waals surface area contributed by atoms with Crippen molar-refractivity contribution in [1.82, 2.24) is 14.9 Å². The van der Waals surface area contributed by atoms with Crippen LogP contribution in [0.25, 0.3) is 0 Å². The fraction of sp³-hybridized carbons (Fsp3) is 0.167. The molecule has 2 aromatic carbocycles. The first-order valence-corrected chi connectivity index (χ1v) is 14.2. The Bertz CT molecular complexity index is 1630. The third-order valence-electron chi connectivity index (χ3n) is 5.95. The zero-order chi connectivity index (χ0) is 26.2. The van der Waals surface area contributed by atoms with Crippen molar-refractivity contribution in [3.63, 3.8) is 0 Å². The number of allylic oxidation sites excluding steroid dienone is 2. The van der Waals surface area contributed by atoms with Gasteiger partial charge in [-0.3, -0.25) is 14.3 Å². The van der Waals surface area contributed by atoms with Gasteiger partial charge in [0.25, 0.3) is 20.0 Å². The summed E-state index contributed by atoms with van der Waals surface area (Å²) in [4.78, 5) is 35.2. The second kappa shape index (κ2) is 9.41. The molecule has 0 amide bonds. The summed E-state index contributed by atoms with van der Waals surface area (Å²) in [5.74, 6) is -1.40. The largest absolute Gasteiger partial charge is 0.367 e. The number of Topliss-reactive ketones (excluding diaryl/α,β-unsaturated/α-hetero) is 2.